The molecule has 1 aromatic rings. The third-order valence-corrected chi connectivity index (χ3v) is 5.96. The highest BCUT2D eigenvalue weighted by Gasteiger charge is 2.47. The first-order valence-electron chi connectivity index (χ1n) is 10.3. The number of hydrogen-bond donors (Lipinski definition) is 10. The van der Waals surface area contributed by atoms with E-state index in [1.807, 2.05) is 13.8 Å². The monoisotopic (exact) mass is 460 g/mol. The van der Waals surface area contributed by atoms with Crippen molar-refractivity contribution in [3.05, 3.63) is 23.3 Å². The van der Waals surface area contributed by atoms with Crippen LogP contribution in [0.25, 0.3) is 0 Å². The zero-order valence-corrected chi connectivity index (χ0v) is 17.7. The van der Waals surface area contributed by atoms with Gasteiger partial charge in [0.1, 0.15) is 48.8 Å². The van der Waals surface area contributed by atoms with Gasteiger partial charge in [0.05, 0.1) is 24.6 Å². The van der Waals surface area contributed by atoms with Gasteiger partial charge in [0.25, 0.3) is 0 Å². The molecule has 2 fully saturated rings. The fraction of sp³-hybridized carbons (Fsp3) is 0.700. The summed E-state index contributed by atoms with van der Waals surface area (Å²) in [7, 11) is 0. The fourth-order valence-electron chi connectivity index (χ4n) is 3.85. The molecule has 0 aliphatic carbocycles. The maximum absolute atomic E-state index is 10.3. The molecular weight excluding hydrogens is 428 g/mol. The highest BCUT2D eigenvalue weighted by molar-refractivity contribution is 5.71. The lowest BCUT2D eigenvalue weighted by Crippen LogP contribution is -2.41. The van der Waals surface area contributed by atoms with Gasteiger partial charge in [-0.2, -0.15) is 0 Å². The molecule has 10 atom stereocenters. The molecule has 2 aliphatic rings. The van der Waals surface area contributed by atoms with Crippen LogP contribution in [0.1, 0.15) is 11.1 Å². The number of aliphatic hydroxyl groups excluding tert-OH is 8. The van der Waals surface area contributed by atoms with Crippen LogP contribution in [-0.2, 0) is 9.47 Å². The lowest BCUT2D eigenvalue weighted by atomic mass is 10.0. The van der Waals surface area contributed by atoms with Crippen LogP contribution in [0.2, 0.25) is 0 Å². The first-order chi connectivity index (χ1) is 15.1. The molecule has 0 saturated carbocycles. The number of nitrogens with one attached hydrogen (secondary N) is 2. The number of aryl methyl sites for hydroxylation is 2. The van der Waals surface area contributed by atoms with E-state index in [-0.39, 0.29) is 0 Å². The first-order valence-corrected chi connectivity index (χ1v) is 10.3. The van der Waals surface area contributed by atoms with Crippen molar-refractivity contribution in [2.75, 3.05) is 23.8 Å². The van der Waals surface area contributed by atoms with Crippen molar-refractivity contribution in [2.45, 2.75) is 75.1 Å². The minimum absolute atomic E-state index is 0.403. The average molecular weight is 460 g/mol. The molecule has 0 radical (unpaired) electrons. The van der Waals surface area contributed by atoms with Crippen LogP contribution in [0.4, 0.5) is 11.4 Å². The van der Waals surface area contributed by atoms with Crippen LogP contribution in [0, 0.1) is 13.8 Å². The second-order valence-corrected chi connectivity index (χ2v) is 8.28. The number of anilines is 2. The maximum Gasteiger partial charge on any atom is 0.157 e. The summed E-state index contributed by atoms with van der Waals surface area (Å²) in [6.45, 7) is 2.39. The molecule has 32 heavy (non-hydrogen) atoms. The average Bonchev–Trinajstić information content (AvgIpc) is 3.21. The molecule has 2 saturated heterocycles. The van der Waals surface area contributed by atoms with E-state index >= 15 is 0 Å². The second-order valence-electron chi connectivity index (χ2n) is 8.28. The smallest absolute Gasteiger partial charge is 0.157 e. The largest absolute Gasteiger partial charge is 0.394 e. The summed E-state index contributed by atoms with van der Waals surface area (Å²) < 4.78 is 11.0. The van der Waals surface area contributed by atoms with Crippen molar-refractivity contribution in [2.24, 2.45) is 0 Å². The normalized spacial score (nSPS) is 36.8. The molecule has 0 spiro atoms. The van der Waals surface area contributed by atoms with Crippen molar-refractivity contribution in [3.8, 4) is 0 Å². The maximum atomic E-state index is 10.3. The molecule has 0 unspecified atom stereocenters. The Kier molecular flexibility index (Phi) is 7.93. The molecule has 12 heteroatoms. The van der Waals surface area contributed by atoms with Gasteiger partial charge in [-0.05, 0) is 37.1 Å². The van der Waals surface area contributed by atoms with Crippen LogP contribution in [0.15, 0.2) is 12.1 Å². The van der Waals surface area contributed by atoms with Crippen LogP contribution in [0.5, 0.6) is 0 Å². The van der Waals surface area contributed by atoms with Crippen molar-refractivity contribution < 1.29 is 50.3 Å². The van der Waals surface area contributed by atoms with E-state index in [4.69, 9.17) is 19.7 Å². The molecule has 12 nitrogen and oxygen atoms in total. The van der Waals surface area contributed by atoms with E-state index in [2.05, 4.69) is 10.6 Å². The highest BCUT2D eigenvalue weighted by atomic mass is 16.6. The minimum Gasteiger partial charge on any atom is -0.394 e. The van der Waals surface area contributed by atoms with Crippen molar-refractivity contribution in [3.63, 3.8) is 0 Å². The summed E-state index contributed by atoms with van der Waals surface area (Å²) in [4.78, 5) is 0. The van der Waals surface area contributed by atoms with E-state index in [0.29, 0.717) is 11.4 Å². The van der Waals surface area contributed by atoms with Gasteiger partial charge in [-0.15, -0.1) is 0 Å². The Morgan fingerprint density at radius 3 is 1.38 bits per heavy atom. The third kappa shape index (κ3) is 4.84. The van der Waals surface area contributed by atoms with Gasteiger partial charge in [0.2, 0.25) is 0 Å². The molecule has 2 aliphatic heterocycles. The Morgan fingerprint density at radius 2 is 1.06 bits per heavy atom. The summed E-state index contributed by atoms with van der Waals surface area (Å²) in [5.74, 6) is 0. The van der Waals surface area contributed by atoms with Crippen LogP contribution in [0.3, 0.4) is 0 Å². The predicted octanol–water partition coefficient (Wildman–Crippen LogP) is -3.27. The Hall–Kier alpha value is -1.58. The Balaban J connectivity index is 1.81. The van der Waals surface area contributed by atoms with E-state index in [0.717, 1.165) is 11.1 Å². The predicted molar refractivity (Wildman–Crippen MR) is 111 cm³/mol. The summed E-state index contributed by atoms with van der Waals surface area (Å²) in [6.07, 6.45) is -13.1. The SMILES string of the molecule is Cc1cc(N[C@@H]2O[C@@H]([C@H](O)CO)[C@@H](O)[C@@H]2O)c(N[C@H]2O[C@H]([C@@H](O)CO)[C@H](O)[C@H]2O)cc1C. The molecule has 0 amide bonds. The summed E-state index contributed by atoms with van der Waals surface area (Å²) in [5.41, 5.74) is 2.55. The standard InChI is InChI=1S/C20H32N2O10/c1-7-3-9(21-19-15(29)13(27)17(31-19)11(25)5-23)10(4-8(7)2)22-20-16(30)14(28)18(32-20)12(26)6-24/h3-4,11-30H,5-6H2,1-2H3/t11-,12+,13+,14-,15+,16-,17+,18-,19-,20+. The van der Waals surface area contributed by atoms with Crippen LogP contribution >= 0.6 is 0 Å². The summed E-state index contributed by atoms with van der Waals surface area (Å²) in [5, 5.41) is 84.7. The van der Waals surface area contributed by atoms with Gasteiger partial charge in [-0.3, -0.25) is 0 Å². The number of rotatable bonds is 8. The Labute approximate surface area is 184 Å². The lowest BCUT2D eigenvalue weighted by molar-refractivity contribution is -0.0776. The lowest BCUT2D eigenvalue weighted by Gasteiger charge is -2.25. The number of benzene rings is 1. The number of ether oxygens (including phenoxy) is 2. The fourth-order valence-corrected chi connectivity index (χ4v) is 3.85. The molecule has 3 rings (SSSR count). The van der Waals surface area contributed by atoms with E-state index in [1.54, 1.807) is 12.1 Å². The molecule has 10 N–H and O–H groups in total. The molecule has 0 aromatic heterocycles. The van der Waals surface area contributed by atoms with Crippen LogP contribution in [-0.4, -0.2) is 115 Å². The van der Waals surface area contributed by atoms with Gasteiger partial charge < -0.3 is 61.0 Å². The van der Waals surface area contributed by atoms with Crippen molar-refractivity contribution in [1.82, 2.24) is 0 Å². The Morgan fingerprint density at radius 1 is 0.719 bits per heavy atom. The molecular formula is C20H32N2O10. The zero-order chi connectivity index (χ0) is 23.7. The van der Waals surface area contributed by atoms with Crippen molar-refractivity contribution in [1.29, 1.82) is 0 Å². The molecule has 182 valence electrons. The van der Waals surface area contributed by atoms with Gasteiger partial charge in [0, 0.05) is 0 Å². The minimum atomic E-state index is -1.44. The second kappa shape index (κ2) is 10.1. The van der Waals surface area contributed by atoms with Gasteiger partial charge in [-0.25, -0.2) is 0 Å². The van der Waals surface area contributed by atoms with Crippen LogP contribution < -0.4 is 10.6 Å². The van der Waals surface area contributed by atoms with Crippen molar-refractivity contribution >= 4 is 11.4 Å². The van der Waals surface area contributed by atoms with E-state index < -0.39 is 74.5 Å². The topological polar surface area (TPSA) is 204 Å². The van der Waals surface area contributed by atoms with E-state index in [9.17, 15) is 30.6 Å². The number of hydrogen-bond acceptors (Lipinski definition) is 12. The molecule has 2 heterocycles. The summed E-state index contributed by atoms with van der Waals surface area (Å²) in [6, 6.07) is 3.46. The first kappa shape index (κ1) is 25.1. The highest BCUT2D eigenvalue weighted by Crippen LogP contribution is 2.33. The molecule has 1 aromatic carbocycles. The third-order valence-electron chi connectivity index (χ3n) is 5.96. The van der Waals surface area contributed by atoms with Gasteiger partial charge in [0.15, 0.2) is 12.5 Å². The zero-order valence-electron chi connectivity index (χ0n) is 17.7. The van der Waals surface area contributed by atoms with E-state index in [1.165, 1.54) is 0 Å². The van der Waals surface area contributed by atoms with Gasteiger partial charge in [-0.1, -0.05) is 0 Å². The molecule has 0 bridgehead atoms. The number of aliphatic hydroxyl groups is 8. The Bertz CT molecular complexity index is 720. The van der Waals surface area contributed by atoms with Gasteiger partial charge >= 0.3 is 0 Å². The summed E-state index contributed by atoms with van der Waals surface area (Å²) >= 11 is 0. The quantitative estimate of drug-likeness (QED) is 0.186.